The van der Waals surface area contributed by atoms with Gasteiger partial charge in [-0.05, 0) is 57.3 Å². The molecular weight excluding hydrogens is 404 g/mol. The zero-order valence-electron chi connectivity index (χ0n) is 18.7. The first-order valence-corrected chi connectivity index (χ1v) is 11.3. The fourth-order valence-corrected chi connectivity index (χ4v) is 5.43. The maximum absolute atomic E-state index is 12.5. The Labute approximate surface area is 183 Å². The minimum absolute atomic E-state index is 0.0699. The highest BCUT2D eigenvalue weighted by Gasteiger charge is 2.46. The minimum Gasteiger partial charge on any atom is -0.465 e. The zero-order chi connectivity index (χ0) is 22.5. The van der Waals surface area contributed by atoms with Gasteiger partial charge in [-0.15, -0.1) is 0 Å². The Balaban J connectivity index is 1.65. The van der Waals surface area contributed by atoms with E-state index >= 15 is 0 Å². The van der Waals surface area contributed by atoms with Gasteiger partial charge in [-0.25, -0.2) is 9.59 Å². The van der Waals surface area contributed by atoms with Gasteiger partial charge in [0, 0.05) is 19.5 Å². The van der Waals surface area contributed by atoms with Crippen LogP contribution >= 0.6 is 0 Å². The Morgan fingerprint density at radius 3 is 2.29 bits per heavy atom. The lowest BCUT2D eigenvalue weighted by atomic mass is 9.69. The van der Waals surface area contributed by atoms with Gasteiger partial charge in [-0.2, -0.15) is 0 Å². The number of Topliss-reactive ketones (excluding diaryl/α,β-unsaturated/α-hetero) is 1. The summed E-state index contributed by atoms with van der Waals surface area (Å²) in [5.41, 5.74) is 0. The van der Waals surface area contributed by atoms with Crippen LogP contribution in [0, 0.1) is 17.8 Å². The van der Waals surface area contributed by atoms with E-state index in [2.05, 4.69) is 0 Å². The summed E-state index contributed by atoms with van der Waals surface area (Å²) >= 11 is 0. The first-order chi connectivity index (χ1) is 14.9. The molecule has 2 heterocycles. The van der Waals surface area contributed by atoms with Crippen LogP contribution in [-0.2, 0) is 28.6 Å². The molecule has 2 aliphatic heterocycles. The summed E-state index contributed by atoms with van der Waals surface area (Å²) < 4.78 is 15.3. The van der Waals surface area contributed by atoms with Gasteiger partial charge in [0.1, 0.15) is 17.9 Å². The third-order valence-electron chi connectivity index (χ3n) is 6.84. The molecule has 5 atom stereocenters. The summed E-state index contributed by atoms with van der Waals surface area (Å²) in [6.45, 7) is 5.52. The number of carbonyl (C=O) groups excluding carboxylic acids is 4. The van der Waals surface area contributed by atoms with E-state index in [9.17, 15) is 19.2 Å². The molecule has 0 bridgehead atoms. The quantitative estimate of drug-likeness (QED) is 0.455. The van der Waals surface area contributed by atoms with Gasteiger partial charge in [0.05, 0.1) is 26.9 Å². The maximum atomic E-state index is 12.5. The van der Waals surface area contributed by atoms with Crippen LogP contribution in [0.3, 0.4) is 0 Å². The molecule has 0 radical (unpaired) electrons. The molecule has 31 heavy (non-hydrogen) atoms. The summed E-state index contributed by atoms with van der Waals surface area (Å²) in [5.74, 6) is 0.282. The Bertz CT molecular complexity index is 697. The summed E-state index contributed by atoms with van der Waals surface area (Å²) in [4.78, 5) is 52.5. The number of esters is 2. The molecule has 174 valence electrons. The Morgan fingerprint density at radius 2 is 1.65 bits per heavy atom. The normalized spacial score (nSPS) is 31.1. The van der Waals surface area contributed by atoms with Crippen molar-refractivity contribution in [1.29, 1.82) is 0 Å². The van der Waals surface area contributed by atoms with Crippen LogP contribution in [0.1, 0.15) is 46.0 Å². The van der Waals surface area contributed by atoms with Gasteiger partial charge >= 0.3 is 18.0 Å². The largest absolute Gasteiger partial charge is 0.465 e. The lowest BCUT2D eigenvalue weighted by molar-refractivity contribution is -0.153. The molecule has 1 aliphatic carbocycles. The van der Waals surface area contributed by atoms with Gasteiger partial charge in [-0.3, -0.25) is 19.4 Å². The standard InChI is InChI=1S/C22H34N2O7/c1-4-30-20(26)18-10-17(25)13-23(18)11-14-6-7-15-12-24(22(28)29-3)19(9-16(15)8-14)21(27)31-5-2/h14-16,18-19H,4-13H2,1-3H3/t14-,15-,16+,18-,19-/m0/s1. The third kappa shape index (κ3) is 5.37. The van der Waals surface area contributed by atoms with E-state index < -0.39 is 18.2 Å². The van der Waals surface area contributed by atoms with Gasteiger partial charge in [0.15, 0.2) is 0 Å². The van der Waals surface area contributed by atoms with E-state index in [1.54, 1.807) is 13.8 Å². The molecule has 0 spiro atoms. The number of amides is 1. The van der Waals surface area contributed by atoms with Crippen molar-refractivity contribution in [3.05, 3.63) is 0 Å². The van der Waals surface area contributed by atoms with Crippen LogP contribution in [0.4, 0.5) is 4.79 Å². The molecule has 0 aromatic heterocycles. The Morgan fingerprint density at radius 1 is 0.968 bits per heavy atom. The van der Waals surface area contributed by atoms with Gasteiger partial charge in [0.25, 0.3) is 0 Å². The second-order valence-electron chi connectivity index (χ2n) is 8.77. The minimum atomic E-state index is -0.631. The molecule has 0 N–H and O–H groups in total. The molecule has 3 aliphatic rings. The number of rotatable bonds is 6. The molecule has 0 aromatic rings. The molecule has 0 aromatic carbocycles. The van der Waals surface area contributed by atoms with Crippen molar-refractivity contribution in [3.8, 4) is 0 Å². The van der Waals surface area contributed by atoms with Crippen molar-refractivity contribution in [1.82, 2.24) is 9.80 Å². The molecule has 9 nitrogen and oxygen atoms in total. The third-order valence-corrected chi connectivity index (χ3v) is 6.84. The number of ketones is 1. The SMILES string of the molecule is CCOC(=O)[C@@H]1CC(=O)CN1C[C@H]1CC[C@H]2CN(C(=O)OC)[C@H](C(=O)OCC)C[C@H]2C1. The second kappa shape index (κ2) is 10.4. The van der Waals surface area contributed by atoms with Crippen molar-refractivity contribution in [2.75, 3.05) is 40.0 Å². The molecule has 3 rings (SSSR count). The van der Waals surface area contributed by atoms with E-state index in [-0.39, 0.29) is 43.2 Å². The monoisotopic (exact) mass is 438 g/mol. The van der Waals surface area contributed by atoms with Crippen molar-refractivity contribution in [2.24, 2.45) is 17.8 Å². The number of carbonyl (C=O) groups is 4. The Hall–Kier alpha value is -2.16. The van der Waals surface area contributed by atoms with Crippen LogP contribution in [-0.4, -0.2) is 85.7 Å². The maximum Gasteiger partial charge on any atom is 0.410 e. The number of likely N-dealkylation sites (tertiary alicyclic amines) is 2. The number of nitrogens with zero attached hydrogens (tertiary/aromatic N) is 2. The summed E-state index contributed by atoms with van der Waals surface area (Å²) in [6, 6.07) is -1.12. The summed E-state index contributed by atoms with van der Waals surface area (Å²) in [7, 11) is 1.32. The average molecular weight is 439 g/mol. The number of fused-ring (bicyclic) bond motifs is 1. The van der Waals surface area contributed by atoms with E-state index in [1.165, 1.54) is 12.0 Å². The molecule has 1 saturated carbocycles. The number of hydrogen-bond donors (Lipinski definition) is 0. The van der Waals surface area contributed by atoms with Crippen molar-refractivity contribution >= 4 is 23.8 Å². The van der Waals surface area contributed by atoms with Gasteiger partial charge in [0.2, 0.25) is 0 Å². The first-order valence-electron chi connectivity index (χ1n) is 11.3. The van der Waals surface area contributed by atoms with Gasteiger partial charge in [-0.1, -0.05) is 0 Å². The number of hydrogen-bond acceptors (Lipinski definition) is 8. The highest BCUT2D eigenvalue weighted by Crippen LogP contribution is 2.42. The lowest BCUT2D eigenvalue weighted by Gasteiger charge is -2.46. The molecule has 3 fully saturated rings. The first kappa shape index (κ1) is 23.5. The van der Waals surface area contributed by atoms with E-state index in [4.69, 9.17) is 14.2 Å². The van der Waals surface area contributed by atoms with Crippen molar-refractivity contribution < 1.29 is 33.4 Å². The van der Waals surface area contributed by atoms with Gasteiger partial charge < -0.3 is 14.2 Å². The highest BCUT2D eigenvalue weighted by molar-refractivity contribution is 5.91. The van der Waals surface area contributed by atoms with E-state index in [1.807, 2.05) is 4.90 Å². The number of methoxy groups -OCH3 is 1. The summed E-state index contributed by atoms with van der Waals surface area (Å²) in [5, 5.41) is 0. The highest BCUT2D eigenvalue weighted by atomic mass is 16.6. The molecule has 1 amide bonds. The zero-order valence-corrected chi connectivity index (χ0v) is 18.7. The molecule has 0 unspecified atom stereocenters. The average Bonchev–Trinajstić information content (AvgIpc) is 3.12. The van der Waals surface area contributed by atoms with E-state index in [0.717, 1.165) is 19.3 Å². The Kier molecular flexibility index (Phi) is 7.91. The fraction of sp³-hybridized carbons (Fsp3) is 0.818. The number of piperidine rings is 1. The predicted molar refractivity (Wildman–Crippen MR) is 110 cm³/mol. The topological polar surface area (TPSA) is 102 Å². The van der Waals surface area contributed by atoms with Crippen LogP contribution in [0.5, 0.6) is 0 Å². The molecule has 2 saturated heterocycles. The number of ether oxygens (including phenoxy) is 3. The van der Waals surface area contributed by atoms with Crippen molar-refractivity contribution in [2.45, 2.75) is 58.0 Å². The van der Waals surface area contributed by atoms with Crippen LogP contribution in [0.2, 0.25) is 0 Å². The smallest absolute Gasteiger partial charge is 0.410 e. The van der Waals surface area contributed by atoms with Crippen molar-refractivity contribution in [3.63, 3.8) is 0 Å². The fourth-order valence-electron chi connectivity index (χ4n) is 5.43. The predicted octanol–water partition coefficient (Wildman–Crippen LogP) is 1.63. The summed E-state index contributed by atoms with van der Waals surface area (Å²) in [6.07, 6.45) is 3.07. The second-order valence-corrected chi connectivity index (χ2v) is 8.77. The van der Waals surface area contributed by atoms with Crippen LogP contribution in [0.15, 0.2) is 0 Å². The molecule has 9 heteroatoms. The van der Waals surface area contributed by atoms with E-state index in [0.29, 0.717) is 38.0 Å². The van der Waals surface area contributed by atoms with Crippen LogP contribution < -0.4 is 0 Å². The van der Waals surface area contributed by atoms with Crippen LogP contribution in [0.25, 0.3) is 0 Å². The lowest BCUT2D eigenvalue weighted by Crippen LogP contribution is -2.55. The molecular formula is C22H34N2O7.